The molecule has 0 saturated carbocycles. The predicted octanol–water partition coefficient (Wildman–Crippen LogP) is 6.79. The number of hydrogen-bond donors (Lipinski definition) is 1. The van der Waals surface area contributed by atoms with E-state index in [2.05, 4.69) is 0 Å². The molecule has 0 aliphatic carbocycles. The van der Waals surface area contributed by atoms with E-state index in [9.17, 15) is 14.7 Å². The highest BCUT2D eigenvalue weighted by atomic mass is 35.5. The van der Waals surface area contributed by atoms with Gasteiger partial charge >= 0.3 is 0 Å². The summed E-state index contributed by atoms with van der Waals surface area (Å²) in [5.74, 6) is -0.417. The van der Waals surface area contributed by atoms with Gasteiger partial charge in [0.15, 0.2) is 0 Å². The molecular weight excluding hydrogens is 498 g/mol. The van der Waals surface area contributed by atoms with Gasteiger partial charge in [0.2, 0.25) is 0 Å². The first-order valence-electron chi connectivity index (χ1n) is 11.5. The molecule has 1 aromatic heterocycles. The predicted molar refractivity (Wildman–Crippen MR) is 144 cm³/mol. The normalized spacial score (nSPS) is 17.2. The molecule has 1 saturated heterocycles. The molecule has 1 aliphatic heterocycles. The van der Waals surface area contributed by atoms with Crippen LogP contribution in [0.25, 0.3) is 5.76 Å². The third-order valence-electron chi connectivity index (χ3n) is 6.46. The molecule has 1 amide bonds. The number of anilines is 1. The van der Waals surface area contributed by atoms with Crippen molar-refractivity contribution in [1.29, 1.82) is 0 Å². The molecule has 36 heavy (non-hydrogen) atoms. The number of amides is 1. The summed E-state index contributed by atoms with van der Waals surface area (Å²) in [7, 11) is 3.11. The van der Waals surface area contributed by atoms with Crippen molar-refractivity contribution >= 4 is 46.1 Å². The number of rotatable bonds is 6. The molecule has 188 valence electrons. The quantitative estimate of drug-likeness (QED) is 0.218. The van der Waals surface area contributed by atoms with E-state index in [1.54, 1.807) is 25.3 Å². The summed E-state index contributed by atoms with van der Waals surface area (Å²) >= 11 is 7.80. The lowest BCUT2D eigenvalue weighted by Crippen LogP contribution is -2.29. The van der Waals surface area contributed by atoms with Gasteiger partial charge in [0.25, 0.3) is 11.7 Å². The van der Waals surface area contributed by atoms with Crippen molar-refractivity contribution in [3.63, 3.8) is 0 Å². The fraction of sp³-hybridized carbons (Fsp3) is 0.286. The summed E-state index contributed by atoms with van der Waals surface area (Å²) in [6.07, 6.45) is 0. The fourth-order valence-corrected chi connectivity index (χ4v) is 5.82. The van der Waals surface area contributed by atoms with Crippen LogP contribution in [-0.4, -0.2) is 31.0 Å². The van der Waals surface area contributed by atoms with Crippen molar-refractivity contribution in [3.8, 4) is 11.5 Å². The van der Waals surface area contributed by atoms with Crippen molar-refractivity contribution in [3.05, 3.63) is 79.5 Å². The Morgan fingerprint density at radius 1 is 1.03 bits per heavy atom. The molecule has 3 aromatic rings. The molecule has 0 radical (unpaired) electrons. The van der Waals surface area contributed by atoms with Crippen LogP contribution >= 0.6 is 22.9 Å². The first-order chi connectivity index (χ1) is 17.1. The second-order valence-corrected chi connectivity index (χ2v) is 10.4. The highest BCUT2D eigenvalue weighted by Gasteiger charge is 2.48. The lowest BCUT2D eigenvalue weighted by molar-refractivity contribution is -0.132. The maximum atomic E-state index is 13.5. The third kappa shape index (κ3) is 4.27. The summed E-state index contributed by atoms with van der Waals surface area (Å²) in [5.41, 5.74) is 3.51. The average Bonchev–Trinajstić information content (AvgIpc) is 3.38. The smallest absolute Gasteiger partial charge is 0.300 e. The number of ketones is 1. The number of ether oxygens (including phenoxy) is 2. The zero-order valence-electron chi connectivity index (χ0n) is 21.0. The van der Waals surface area contributed by atoms with Crippen LogP contribution in [0.4, 0.5) is 5.69 Å². The molecule has 0 spiro atoms. The minimum atomic E-state index is -0.807. The summed E-state index contributed by atoms with van der Waals surface area (Å²) in [6, 6.07) is 9.73. The molecule has 1 N–H and O–H groups in total. The standard InChI is InChI=1S/C28H28ClNO5S/c1-14(2)18-13-19(16(4)11-22(18)35-6)25(31)23-24(27-15(3)9-10-36-27)30(28(33)26(23)32)17-7-8-21(34-5)20(29)12-17/h7-14,24,31H,1-6H3/b25-23+. The number of benzene rings is 2. The second-order valence-electron chi connectivity index (χ2n) is 9.02. The molecular formula is C28H28ClNO5S. The van der Waals surface area contributed by atoms with Crippen molar-refractivity contribution in [1.82, 2.24) is 0 Å². The number of aliphatic hydroxyl groups excluding tert-OH is 1. The monoisotopic (exact) mass is 525 g/mol. The molecule has 1 atom stereocenters. The highest BCUT2D eigenvalue weighted by Crippen LogP contribution is 2.46. The van der Waals surface area contributed by atoms with Gasteiger partial charge in [0.05, 0.1) is 24.8 Å². The van der Waals surface area contributed by atoms with Crippen LogP contribution in [-0.2, 0) is 9.59 Å². The lowest BCUT2D eigenvalue weighted by atomic mass is 9.92. The van der Waals surface area contributed by atoms with Crippen LogP contribution in [0.5, 0.6) is 11.5 Å². The Bertz CT molecular complexity index is 1390. The SMILES string of the molecule is COc1ccc(N2C(=O)C(=O)/C(=C(/O)c3cc(C(C)C)c(OC)cc3C)C2c2sccc2C)cc1Cl. The van der Waals surface area contributed by atoms with Crippen molar-refractivity contribution < 1.29 is 24.2 Å². The molecule has 0 bridgehead atoms. The van der Waals surface area contributed by atoms with Gasteiger partial charge in [-0.05, 0) is 78.2 Å². The number of Topliss-reactive ketones (excluding diaryl/α,β-unsaturated/α-hetero) is 1. The minimum Gasteiger partial charge on any atom is -0.507 e. The van der Waals surface area contributed by atoms with Crippen LogP contribution < -0.4 is 14.4 Å². The Balaban J connectivity index is 1.98. The molecule has 2 aromatic carbocycles. The molecule has 1 fully saturated rings. The van der Waals surface area contributed by atoms with Gasteiger partial charge in [0, 0.05) is 16.1 Å². The van der Waals surface area contributed by atoms with E-state index in [1.807, 2.05) is 51.3 Å². The topological polar surface area (TPSA) is 76.1 Å². The summed E-state index contributed by atoms with van der Waals surface area (Å²) in [6.45, 7) is 7.81. The fourth-order valence-electron chi connectivity index (χ4n) is 4.54. The van der Waals surface area contributed by atoms with Gasteiger partial charge in [0.1, 0.15) is 23.3 Å². The van der Waals surface area contributed by atoms with Crippen molar-refractivity contribution in [2.45, 2.75) is 39.7 Å². The van der Waals surface area contributed by atoms with Gasteiger partial charge < -0.3 is 14.6 Å². The molecule has 6 nitrogen and oxygen atoms in total. The van der Waals surface area contributed by atoms with Crippen LogP contribution in [0.15, 0.2) is 47.4 Å². The first-order valence-corrected chi connectivity index (χ1v) is 12.7. The minimum absolute atomic E-state index is 0.0421. The molecule has 1 aliphatic rings. The molecule has 4 rings (SSSR count). The second kappa shape index (κ2) is 9.99. The maximum absolute atomic E-state index is 13.5. The van der Waals surface area contributed by atoms with Crippen molar-refractivity contribution in [2.75, 3.05) is 19.1 Å². The zero-order chi connectivity index (χ0) is 26.3. The maximum Gasteiger partial charge on any atom is 0.300 e. The third-order valence-corrected chi connectivity index (χ3v) is 7.83. The Kier molecular flexibility index (Phi) is 7.16. The van der Waals surface area contributed by atoms with E-state index >= 15 is 0 Å². The summed E-state index contributed by atoms with van der Waals surface area (Å²) < 4.78 is 10.8. The van der Waals surface area contributed by atoms with Gasteiger partial charge in [-0.1, -0.05) is 25.4 Å². The van der Waals surface area contributed by atoms with Crippen LogP contribution in [0, 0.1) is 13.8 Å². The van der Waals surface area contributed by atoms with E-state index in [0.29, 0.717) is 27.8 Å². The molecule has 2 heterocycles. The number of aryl methyl sites for hydroxylation is 2. The van der Waals surface area contributed by atoms with E-state index in [-0.39, 0.29) is 17.3 Å². The van der Waals surface area contributed by atoms with Gasteiger partial charge in [-0.25, -0.2) is 0 Å². The molecule has 1 unspecified atom stereocenters. The van der Waals surface area contributed by atoms with Crippen LogP contribution in [0.2, 0.25) is 5.02 Å². The van der Waals surface area contributed by atoms with Crippen LogP contribution in [0.1, 0.15) is 52.9 Å². The molecule has 8 heteroatoms. The number of halogens is 1. The van der Waals surface area contributed by atoms with Crippen molar-refractivity contribution in [2.24, 2.45) is 0 Å². The number of nitrogens with zero attached hydrogens (tertiary/aromatic N) is 1. The Morgan fingerprint density at radius 2 is 1.72 bits per heavy atom. The van der Waals surface area contributed by atoms with E-state index in [1.165, 1.54) is 23.3 Å². The number of hydrogen-bond acceptors (Lipinski definition) is 6. The average molecular weight is 526 g/mol. The highest BCUT2D eigenvalue weighted by molar-refractivity contribution is 7.10. The van der Waals surface area contributed by atoms with E-state index in [4.69, 9.17) is 21.1 Å². The van der Waals surface area contributed by atoms with E-state index in [0.717, 1.165) is 21.6 Å². The first kappa shape index (κ1) is 25.8. The zero-order valence-corrected chi connectivity index (χ0v) is 22.6. The van der Waals surface area contributed by atoms with Crippen LogP contribution in [0.3, 0.4) is 0 Å². The lowest BCUT2D eigenvalue weighted by Gasteiger charge is -2.25. The Morgan fingerprint density at radius 3 is 2.28 bits per heavy atom. The number of carbonyl (C=O) groups excluding carboxylic acids is 2. The van der Waals surface area contributed by atoms with Gasteiger partial charge in [-0.3, -0.25) is 14.5 Å². The largest absolute Gasteiger partial charge is 0.507 e. The summed E-state index contributed by atoms with van der Waals surface area (Å²) in [5, 5.41) is 13.8. The number of carbonyl (C=O) groups is 2. The number of methoxy groups -OCH3 is 2. The number of aliphatic hydroxyl groups is 1. The Hall–Kier alpha value is -3.29. The van der Waals surface area contributed by atoms with Gasteiger partial charge in [-0.15, -0.1) is 11.3 Å². The Labute approximate surface area is 219 Å². The van der Waals surface area contributed by atoms with Gasteiger partial charge in [-0.2, -0.15) is 0 Å². The number of thiophene rings is 1. The summed E-state index contributed by atoms with van der Waals surface area (Å²) in [4.78, 5) is 29.1. The van der Waals surface area contributed by atoms with E-state index < -0.39 is 17.7 Å².